The second kappa shape index (κ2) is 14.8. The number of hydrogen-bond acceptors (Lipinski definition) is 6. The number of nitrogens with zero attached hydrogens (tertiary/aromatic N) is 4. The van der Waals surface area contributed by atoms with E-state index in [0.29, 0.717) is 46.9 Å². The topological polar surface area (TPSA) is 67.2 Å². The summed E-state index contributed by atoms with van der Waals surface area (Å²) in [5.41, 5.74) is 1.44. The van der Waals surface area contributed by atoms with Crippen molar-refractivity contribution in [2.24, 2.45) is 5.92 Å². The molecule has 0 N–H and O–H groups in total. The van der Waals surface area contributed by atoms with Crippen LogP contribution < -0.4 is 15.2 Å². The molecule has 10 heteroatoms. The molecule has 0 radical (unpaired) electrons. The lowest BCUT2D eigenvalue weighted by molar-refractivity contribution is 0.0742. The lowest BCUT2D eigenvalue weighted by Gasteiger charge is -2.36. The van der Waals surface area contributed by atoms with Crippen molar-refractivity contribution in [1.82, 2.24) is 14.4 Å². The number of ether oxygens (including phenoxy) is 2. The Labute approximate surface area is 252 Å². The van der Waals surface area contributed by atoms with Gasteiger partial charge in [0.1, 0.15) is 5.75 Å². The molecule has 1 fully saturated rings. The smallest absolute Gasteiger partial charge is 0.411 e. The van der Waals surface area contributed by atoms with Gasteiger partial charge in [0.15, 0.2) is 6.73 Å². The number of amides is 1. The lowest BCUT2D eigenvalue weighted by atomic mass is 10.2. The third-order valence-electron chi connectivity index (χ3n) is 7.29. The molecule has 1 saturated heterocycles. The molecule has 1 amide bonds. The van der Waals surface area contributed by atoms with Gasteiger partial charge in [-0.15, -0.1) is 0 Å². The van der Waals surface area contributed by atoms with Gasteiger partial charge in [0, 0.05) is 51.4 Å². The van der Waals surface area contributed by atoms with Crippen LogP contribution in [-0.4, -0.2) is 72.9 Å². The largest absolute Gasteiger partial charge is 0.494 e. The highest BCUT2D eigenvalue weighted by molar-refractivity contribution is 6.43. The van der Waals surface area contributed by atoms with Crippen molar-refractivity contribution >= 4 is 45.9 Å². The summed E-state index contributed by atoms with van der Waals surface area (Å²) in [6.07, 6.45) is 1.52. The summed E-state index contributed by atoms with van der Waals surface area (Å²) in [5.74, 6) is 1.01. The number of fused-ring (bicyclic) bond motifs is 1. The molecule has 0 bridgehead atoms. The van der Waals surface area contributed by atoms with Gasteiger partial charge in [-0.3, -0.25) is 14.3 Å². The zero-order valence-electron chi connectivity index (χ0n) is 24.2. The van der Waals surface area contributed by atoms with E-state index in [4.69, 9.17) is 32.7 Å². The van der Waals surface area contributed by atoms with Crippen LogP contribution in [-0.2, 0) is 11.5 Å². The number of unbranched alkanes of at least 4 members (excludes halogenated alkanes) is 1. The fourth-order valence-electron chi connectivity index (χ4n) is 5.05. The first-order chi connectivity index (χ1) is 19.8. The van der Waals surface area contributed by atoms with E-state index in [-0.39, 0.29) is 12.3 Å². The molecule has 8 nitrogen and oxygen atoms in total. The number of halogens is 2. The Kier molecular flexibility index (Phi) is 11.2. The van der Waals surface area contributed by atoms with E-state index in [1.54, 1.807) is 11.0 Å². The molecular formula is C31H40Cl2N4O4. The Bertz CT molecular complexity index is 1370. The molecule has 41 heavy (non-hydrogen) atoms. The van der Waals surface area contributed by atoms with Crippen molar-refractivity contribution in [2.75, 3.05) is 57.3 Å². The van der Waals surface area contributed by atoms with Gasteiger partial charge in [0.2, 0.25) is 0 Å². The average molecular weight is 604 g/mol. The number of rotatable bonds is 12. The maximum absolute atomic E-state index is 12.7. The third kappa shape index (κ3) is 8.31. The van der Waals surface area contributed by atoms with Crippen molar-refractivity contribution in [3.63, 3.8) is 0 Å². The zero-order chi connectivity index (χ0) is 29.4. The van der Waals surface area contributed by atoms with Crippen molar-refractivity contribution in [3.05, 3.63) is 68.9 Å². The Balaban J connectivity index is 1.25. The van der Waals surface area contributed by atoms with Gasteiger partial charge in [0.05, 0.1) is 27.9 Å². The van der Waals surface area contributed by atoms with Gasteiger partial charge in [-0.1, -0.05) is 43.1 Å². The molecular weight excluding hydrogens is 563 g/mol. The molecule has 0 saturated carbocycles. The van der Waals surface area contributed by atoms with Crippen LogP contribution in [0.5, 0.6) is 5.75 Å². The molecule has 3 aromatic rings. The number of aromatic nitrogens is 1. The standard InChI is InChI=1S/C31H40Cl2N4O4/c1-4-35(21-23(2)3)31(39)41-22-37-28-20-25(12-10-24(28)11-13-29(37)38)40-19-6-5-14-34-15-17-36(18-16-34)27-9-7-8-26(32)30(27)33/h7-13,20,23H,4-6,14-19,21-22H2,1-3H3. The monoisotopic (exact) mass is 602 g/mol. The first kappa shape index (κ1) is 31.0. The summed E-state index contributed by atoms with van der Waals surface area (Å²) >= 11 is 12.6. The molecule has 0 aliphatic carbocycles. The summed E-state index contributed by atoms with van der Waals surface area (Å²) < 4.78 is 13.0. The van der Waals surface area contributed by atoms with Crippen LogP contribution in [0.25, 0.3) is 10.9 Å². The van der Waals surface area contributed by atoms with Crippen molar-refractivity contribution in [3.8, 4) is 5.75 Å². The van der Waals surface area contributed by atoms with E-state index < -0.39 is 6.09 Å². The Morgan fingerprint density at radius 2 is 1.78 bits per heavy atom. The Morgan fingerprint density at radius 1 is 1.02 bits per heavy atom. The van der Waals surface area contributed by atoms with Crippen LogP contribution in [0.1, 0.15) is 33.6 Å². The van der Waals surface area contributed by atoms with E-state index in [2.05, 4.69) is 9.80 Å². The fraction of sp³-hybridized carbons (Fsp3) is 0.484. The summed E-state index contributed by atoms with van der Waals surface area (Å²) in [5, 5.41) is 2.09. The Morgan fingerprint density at radius 3 is 2.51 bits per heavy atom. The lowest BCUT2D eigenvalue weighted by Crippen LogP contribution is -2.46. The number of hydrogen-bond donors (Lipinski definition) is 0. The molecule has 0 atom stereocenters. The average Bonchev–Trinajstić information content (AvgIpc) is 2.96. The summed E-state index contributed by atoms with van der Waals surface area (Å²) in [4.78, 5) is 31.6. The fourth-order valence-corrected chi connectivity index (χ4v) is 5.47. The molecule has 0 spiro atoms. The number of piperazine rings is 1. The molecule has 1 aromatic heterocycles. The van der Waals surface area contributed by atoms with Crippen molar-refractivity contribution in [1.29, 1.82) is 0 Å². The zero-order valence-corrected chi connectivity index (χ0v) is 25.7. The highest BCUT2D eigenvalue weighted by Gasteiger charge is 2.19. The first-order valence-corrected chi connectivity index (χ1v) is 15.1. The number of carbonyl (C=O) groups excluding carboxylic acids is 1. The van der Waals surface area contributed by atoms with E-state index in [1.165, 1.54) is 10.6 Å². The van der Waals surface area contributed by atoms with E-state index in [0.717, 1.165) is 56.6 Å². The highest BCUT2D eigenvalue weighted by Crippen LogP contribution is 2.33. The van der Waals surface area contributed by atoms with Gasteiger partial charge in [-0.25, -0.2) is 4.79 Å². The van der Waals surface area contributed by atoms with E-state index in [1.807, 2.05) is 57.2 Å². The predicted octanol–water partition coefficient (Wildman–Crippen LogP) is 6.36. The van der Waals surface area contributed by atoms with Crippen LogP contribution >= 0.6 is 23.2 Å². The second-order valence-electron chi connectivity index (χ2n) is 10.7. The normalized spacial score (nSPS) is 14.0. The molecule has 222 valence electrons. The van der Waals surface area contributed by atoms with Gasteiger partial charge in [-0.2, -0.15) is 0 Å². The van der Waals surface area contributed by atoms with Gasteiger partial charge in [-0.05, 0) is 67.9 Å². The van der Waals surface area contributed by atoms with E-state index in [9.17, 15) is 9.59 Å². The number of anilines is 1. The highest BCUT2D eigenvalue weighted by atomic mass is 35.5. The Hall–Kier alpha value is -2.94. The molecule has 4 rings (SSSR count). The van der Waals surface area contributed by atoms with Crippen LogP contribution in [0.2, 0.25) is 10.0 Å². The van der Waals surface area contributed by atoms with Crippen molar-refractivity contribution in [2.45, 2.75) is 40.3 Å². The minimum Gasteiger partial charge on any atom is -0.494 e. The molecule has 0 unspecified atom stereocenters. The minimum absolute atomic E-state index is 0.149. The molecule has 1 aliphatic rings. The maximum atomic E-state index is 12.7. The van der Waals surface area contributed by atoms with Crippen LogP contribution in [0.3, 0.4) is 0 Å². The SMILES string of the molecule is CCN(CC(C)C)C(=O)OCn1c(=O)ccc2ccc(OCCCCN3CCN(c4cccc(Cl)c4Cl)CC3)cc21. The molecule has 2 aromatic carbocycles. The predicted molar refractivity (Wildman–Crippen MR) is 167 cm³/mol. The number of pyridine rings is 1. The third-order valence-corrected chi connectivity index (χ3v) is 8.10. The summed E-state index contributed by atoms with van der Waals surface area (Å²) in [7, 11) is 0. The molecule has 2 heterocycles. The maximum Gasteiger partial charge on any atom is 0.411 e. The van der Waals surface area contributed by atoms with Crippen LogP contribution in [0.15, 0.2) is 53.3 Å². The molecule has 1 aliphatic heterocycles. The van der Waals surface area contributed by atoms with Gasteiger partial charge in [0.25, 0.3) is 5.56 Å². The summed E-state index contributed by atoms with van der Waals surface area (Å²) in [6, 6.07) is 14.7. The van der Waals surface area contributed by atoms with Crippen LogP contribution in [0, 0.1) is 5.92 Å². The second-order valence-corrected chi connectivity index (χ2v) is 11.5. The number of carbonyl (C=O) groups is 1. The van der Waals surface area contributed by atoms with Gasteiger partial charge < -0.3 is 19.3 Å². The quantitative estimate of drug-likeness (QED) is 0.225. The van der Waals surface area contributed by atoms with Crippen molar-refractivity contribution < 1.29 is 14.3 Å². The number of benzene rings is 2. The summed E-state index contributed by atoms with van der Waals surface area (Å²) in [6.45, 7) is 12.4. The van der Waals surface area contributed by atoms with E-state index >= 15 is 0 Å². The first-order valence-electron chi connectivity index (χ1n) is 14.4. The minimum atomic E-state index is -0.424. The van der Waals surface area contributed by atoms with Gasteiger partial charge >= 0.3 is 6.09 Å². The van der Waals surface area contributed by atoms with Crippen LogP contribution in [0.4, 0.5) is 10.5 Å².